The molecule has 174 valence electrons. The van der Waals surface area contributed by atoms with E-state index in [1.165, 1.54) is 25.7 Å². The molecule has 33 heavy (non-hydrogen) atoms. The number of piperidine rings is 1. The number of rotatable bonds is 6. The third-order valence-electron chi connectivity index (χ3n) is 7.09. The molecule has 0 unspecified atom stereocenters. The van der Waals surface area contributed by atoms with Crippen LogP contribution in [0.5, 0.6) is 0 Å². The fourth-order valence-electron chi connectivity index (χ4n) is 5.18. The maximum Gasteiger partial charge on any atom is 0.281 e. The zero-order valence-electron chi connectivity index (χ0n) is 18.7. The Labute approximate surface area is 197 Å². The number of H-pyrrole nitrogens is 1. The summed E-state index contributed by atoms with van der Waals surface area (Å²) in [4.78, 5) is 34.9. The molecule has 9 heteroatoms. The number of hydrogen-bond acceptors (Lipinski definition) is 5. The molecule has 1 saturated carbocycles. The van der Waals surface area contributed by atoms with Gasteiger partial charge in [-0.2, -0.15) is 0 Å². The number of amides is 1. The van der Waals surface area contributed by atoms with Gasteiger partial charge >= 0.3 is 0 Å². The Morgan fingerprint density at radius 1 is 1.15 bits per heavy atom. The number of carbonyl (C=O) groups is 1. The number of benzene rings is 1. The second-order valence-electron chi connectivity index (χ2n) is 9.34. The highest BCUT2D eigenvalue weighted by molar-refractivity contribution is 6.30. The zero-order valence-corrected chi connectivity index (χ0v) is 19.4. The van der Waals surface area contributed by atoms with E-state index in [4.69, 9.17) is 16.6 Å². The largest absolute Gasteiger partial charge is 0.343 e. The molecule has 2 aliphatic rings. The SMILES string of the molecule is O=C(CCC1CCCC1)N1CCC(c2nc3c(nnn3Cc3cccc(Cl)c3)c(=O)[nH]2)CC1. The Morgan fingerprint density at radius 3 is 2.70 bits per heavy atom. The molecule has 3 heterocycles. The van der Waals surface area contributed by atoms with Crippen LogP contribution in [0.15, 0.2) is 29.1 Å². The molecule has 1 aliphatic carbocycles. The lowest BCUT2D eigenvalue weighted by atomic mass is 9.95. The Morgan fingerprint density at radius 2 is 1.94 bits per heavy atom. The van der Waals surface area contributed by atoms with Gasteiger partial charge in [0.1, 0.15) is 5.82 Å². The van der Waals surface area contributed by atoms with Crippen molar-refractivity contribution < 1.29 is 4.79 Å². The molecule has 0 spiro atoms. The minimum atomic E-state index is -0.276. The van der Waals surface area contributed by atoms with Crippen molar-refractivity contribution in [2.45, 2.75) is 63.8 Å². The number of aromatic nitrogens is 5. The van der Waals surface area contributed by atoms with Crippen LogP contribution in [-0.4, -0.2) is 48.9 Å². The van der Waals surface area contributed by atoms with E-state index in [0.717, 1.165) is 30.7 Å². The first-order chi connectivity index (χ1) is 16.1. The molecular weight excluding hydrogens is 440 g/mol. The quantitative estimate of drug-likeness (QED) is 0.591. The maximum absolute atomic E-state index is 12.7. The van der Waals surface area contributed by atoms with Gasteiger partial charge < -0.3 is 9.88 Å². The molecule has 5 rings (SSSR count). The van der Waals surface area contributed by atoms with E-state index in [0.29, 0.717) is 42.5 Å². The van der Waals surface area contributed by atoms with E-state index in [1.54, 1.807) is 4.68 Å². The predicted octanol–water partition coefficient (Wildman–Crippen LogP) is 3.89. The van der Waals surface area contributed by atoms with Crippen LogP contribution in [0.4, 0.5) is 0 Å². The van der Waals surface area contributed by atoms with E-state index in [1.807, 2.05) is 29.2 Å². The van der Waals surface area contributed by atoms with Gasteiger partial charge in [0.15, 0.2) is 11.2 Å². The summed E-state index contributed by atoms with van der Waals surface area (Å²) in [6, 6.07) is 7.51. The fourth-order valence-corrected chi connectivity index (χ4v) is 5.39. The summed E-state index contributed by atoms with van der Waals surface area (Å²) >= 11 is 6.10. The van der Waals surface area contributed by atoms with Gasteiger partial charge in [-0.25, -0.2) is 9.67 Å². The van der Waals surface area contributed by atoms with Gasteiger partial charge in [0, 0.05) is 30.5 Å². The molecule has 0 radical (unpaired) electrons. The molecule has 2 aromatic heterocycles. The van der Waals surface area contributed by atoms with Crippen LogP contribution in [0, 0.1) is 5.92 Å². The number of fused-ring (bicyclic) bond motifs is 1. The van der Waals surface area contributed by atoms with Crippen molar-refractivity contribution in [1.82, 2.24) is 29.9 Å². The van der Waals surface area contributed by atoms with Crippen LogP contribution in [0.2, 0.25) is 5.02 Å². The van der Waals surface area contributed by atoms with Gasteiger partial charge in [0.05, 0.1) is 6.54 Å². The van der Waals surface area contributed by atoms with Crippen LogP contribution < -0.4 is 5.56 Å². The van der Waals surface area contributed by atoms with Gasteiger partial charge in [0.2, 0.25) is 5.91 Å². The minimum absolute atomic E-state index is 0.107. The van der Waals surface area contributed by atoms with Crippen LogP contribution in [0.3, 0.4) is 0 Å². The van der Waals surface area contributed by atoms with Gasteiger partial charge in [0.25, 0.3) is 5.56 Å². The standard InChI is InChI=1S/C24H29ClN6O2/c25-19-7-3-6-17(14-19)15-31-23-21(28-29-31)24(33)27-22(26-23)18-10-12-30(13-11-18)20(32)9-8-16-4-1-2-5-16/h3,6-7,14,16,18H,1-2,4-5,8-13,15H2,(H,26,27,33). The molecule has 1 aliphatic heterocycles. The normalized spacial score (nSPS) is 17.8. The van der Waals surface area contributed by atoms with E-state index in [-0.39, 0.29) is 22.9 Å². The van der Waals surface area contributed by atoms with Crippen molar-refractivity contribution >= 4 is 28.7 Å². The molecule has 3 aromatic rings. The minimum Gasteiger partial charge on any atom is -0.343 e. The van der Waals surface area contributed by atoms with Gasteiger partial charge in [-0.3, -0.25) is 9.59 Å². The second-order valence-corrected chi connectivity index (χ2v) is 9.78. The van der Waals surface area contributed by atoms with Gasteiger partial charge in [-0.1, -0.05) is 54.6 Å². The molecular formula is C24H29ClN6O2. The average molecular weight is 469 g/mol. The summed E-state index contributed by atoms with van der Waals surface area (Å²) < 4.78 is 1.64. The van der Waals surface area contributed by atoms with Gasteiger partial charge in [-0.15, -0.1) is 5.10 Å². The van der Waals surface area contributed by atoms with Crippen LogP contribution in [0.25, 0.3) is 11.2 Å². The molecule has 1 amide bonds. The monoisotopic (exact) mass is 468 g/mol. The van der Waals surface area contributed by atoms with Gasteiger partial charge in [-0.05, 0) is 42.9 Å². The number of halogens is 1. The summed E-state index contributed by atoms with van der Waals surface area (Å²) in [5, 5.41) is 8.82. The van der Waals surface area contributed by atoms with Crippen molar-refractivity contribution in [2.75, 3.05) is 13.1 Å². The molecule has 0 bridgehead atoms. The first kappa shape index (κ1) is 22.1. The Kier molecular flexibility index (Phi) is 6.44. The average Bonchev–Trinajstić information content (AvgIpc) is 3.48. The Hall–Kier alpha value is -2.74. The van der Waals surface area contributed by atoms with Crippen LogP contribution in [0.1, 0.15) is 68.7 Å². The lowest BCUT2D eigenvalue weighted by molar-refractivity contribution is -0.132. The second kappa shape index (κ2) is 9.63. The molecule has 1 saturated heterocycles. The maximum atomic E-state index is 12.7. The highest BCUT2D eigenvalue weighted by Gasteiger charge is 2.27. The van der Waals surface area contributed by atoms with Crippen molar-refractivity contribution in [3.8, 4) is 0 Å². The number of carbonyl (C=O) groups excluding carboxylic acids is 1. The third kappa shape index (κ3) is 4.95. The van der Waals surface area contributed by atoms with Crippen LogP contribution in [-0.2, 0) is 11.3 Å². The Balaban J connectivity index is 1.26. The van der Waals surface area contributed by atoms with Crippen molar-refractivity contribution in [2.24, 2.45) is 5.92 Å². The molecule has 1 aromatic carbocycles. The van der Waals surface area contributed by atoms with Crippen molar-refractivity contribution in [3.05, 3.63) is 51.0 Å². The lowest BCUT2D eigenvalue weighted by Crippen LogP contribution is -2.38. The number of likely N-dealkylation sites (tertiary alicyclic amines) is 1. The molecule has 0 atom stereocenters. The highest BCUT2D eigenvalue weighted by Crippen LogP contribution is 2.30. The van der Waals surface area contributed by atoms with Crippen LogP contribution >= 0.6 is 11.6 Å². The zero-order chi connectivity index (χ0) is 22.8. The summed E-state index contributed by atoms with van der Waals surface area (Å²) in [7, 11) is 0. The van der Waals surface area contributed by atoms with Crippen molar-refractivity contribution in [3.63, 3.8) is 0 Å². The smallest absolute Gasteiger partial charge is 0.281 e. The lowest BCUT2D eigenvalue weighted by Gasteiger charge is -2.31. The van der Waals surface area contributed by atoms with Crippen molar-refractivity contribution in [1.29, 1.82) is 0 Å². The third-order valence-corrected chi connectivity index (χ3v) is 7.32. The molecule has 1 N–H and O–H groups in total. The number of nitrogens with zero attached hydrogens (tertiary/aromatic N) is 5. The van der Waals surface area contributed by atoms with E-state index in [2.05, 4.69) is 15.3 Å². The fraction of sp³-hybridized carbons (Fsp3) is 0.542. The number of nitrogens with one attached hydrogen (secondary N) is 1. The van der Waals surface area contributed by atoms with E-state index in [9.17, 15) is 9.59 Å². The molecule has 2 fully saturated rings. The topological polar surface area (TPSA) is 96.8 Å². The Bertz CT molecular complexity index is 1190. The number of aromatic amines is 1. The number of hydrogen-bond donors (Lipinski definition) is 1. The first-order valence-corrected chi connectivity index (χ1v) is 12.3. The molecule has 8 nitrogen and oxygen atoms in total. The first-order valence-electron chi connectivity index (χ1n) is 11.9. The van der Waals surface area contributed by atoms with E-state index >= 15 is 0 Å². The summed E-state index contributed by atoms with van der Waals surface area (Å²) in [6.45, 7) is 1.84. The summed E-state index contributed by atoms with van der Waals surface area (Å²) in [6.07, 6.45) is 8.44. The van der Waals surface area contributed by atoms with E-state index < -0.39 is 0 Å². The predicted molar refractivity (Wildman–Crippen MR) is 126 cm³/mol. The summed E-state index contributed by atoms with van der Waals surface area (Å²) in [5.74, 6) is 1.76. The highest BCUT2D eigenvalue weighted by atomic mass is 35.5. The summed E-state index contributed by atoms with van der Waals surface area (Å²) in [5.41, 5.74) is 1.40.